The number of aliphatic hydroxyl groups excluding tert-OH is 1. The first-order valence-corrected chi connectivity index (χ1v) is 15.1. The summed E-state index contributed by atoms with van der Waals surface area (Å²) in [6.07, 6.45) is -5.01. The molecule has 0 spiro atoms. The normalized spacial score (nSPS) is 18.6. The van der Waals surface area contributed by atoms with Crippen LogP contribution in [0.3, 0.4) is 0 Å². The molecule has 1 aromatic heterocycles. The van der Waals surface area contributed by atoms with Crippen LogP contribution in [0, 0.1) is 19.8 Å². The molecule has 0 fully saturated rings. The van der Waals surface area contributed by atoms with Crippen molar-refractivity contribution in [3.05, 3.63) is 70.6 Å². The maximum atomic E-state index is 13.7. The minimum atomic E-state index is -4.43. The Kier molecular flexibility index (Phi) is 9.42. The van der Waals surface area contributed by atoms with E-state index in [1.807, 2.05) is 11.8 Å². The van der Waals surface area contributed by atoms with Crippen molar-refractivity contribution in [3.63, 3.8) is 0 Å². The molecule has 2 aromatic carbocycles. The highest BCUT2D eigenvalue weighted by Crippen LogP contribution is 2.37. The Morgan fingerprint density at radius 3 is 2.44 bits per heavy atom. The summed E-state index contributed by atoms with van der Waals surface area (Å²) in [6.45, 7) is 7.13. The minimum Gasteiger partial charge on any atom is -0.486 e. The SMILES string of the molecule is Cc1noc(C)c1S(=O)(=O)Nc1cccc2c1O[C@@H](CN(C)Cc1ccc(C(F)(F)F)cc1)[C@@H](C)CN([C@@H](C)CO)C2=O. The Morgan fingerprint density at radius 2 is 1.86 bits per heavy atom. The van der Waals surface area contributed by atoms with E-state index in [0.29, 0.717) is 18.7 Å². The summed E-state index contributed by atoms with van der Waals surface area (Å²) in [7, 11) is -2.40. The van der Waals surface area contributed by atoms with Crippen LogP contribution >= 0.6 is 0 Å². The van der Waals surface area contributed by atoms with Crippen molar-refractivity contribution >= 4 is 21.6 Å². The number of halogens is 3. The molecule has 0 saturated heterocycles. The molecule has 1 amide bonds. The van der Waals surface area contributed by atoms with Crippen LogP contribution in [0.4, 0.5) is 18.9 Å². The molecule has 2 heterocycles. The van der Waals surface area contributed by atoms with Crippen molar-refractivity contribution < 1.29 is 40.8 Å². The quantitative estimate of drug-likeness (QED) is 0.358. The number of aryl methyl sites for hydroxylation is 2. The third kappa shape index (κ3) is 7.13. The average molecular weight is 625 g/mol. The topological polar surface area (TPSA) is 125 Å². The predicted molar refractivity (Wildman–Crippen MR) is 152 cm³/mol. The Morgan fingerprint density at radius 1 is 1.19 bits per heavy atom. The number of aliphatic hydroxyl groups is 1. The van der Waals surface area contributed by atoms with Gasteiger partial charge in [0.05, 0.1) is 29.5 Å². The summed E-state index contributed by atoms with van der Waals surface area (Å²) >= 11 is 0. The molecule has 3 atom stereocenters. The largest absolute Gasteiger partial charge is 0.486 e. The lowest BCUT2D eigenvalue weighted by atomic mass is 9.99. The monoisotopic (exact) mass is 624 g/mol. The van der Waals surface area contributed by atoms with Gasteiger partial charge in [0.25, 0.3) is 15.9 Å². The zero-order valence-electron chi connectivity index (χ0n) is 24.5. The highest BCUT2D eigenvalue weighted by molar-refractivity contribution is 7.92. The van der Waals surface area contributed by atoms with Crippen molar-refractivity contribution in [2.75, 3.05) is 31.5 Å². The molecular weight excluding hydrogens is 589 g/mol. The van der Waals surface area contributed by atoms with Gasteiger partial charge in [-0.25, -0.2) is 8.42 Å². The van der Waals surface area contributed by atoms with Crippen LogP contribution in [0.2, 0.25) is 0 Å². The standard InChI is InChI=1S/C29H35F3N4O6S/c1-17-13-36(18(2)16-37)28(38)23-7-6-8-24(34-43(39,40)27-19(3)33-42-20(27)4)26(23)41-25(17)15-35(5)14-21-9-11-22(12-10-21)29(30,31)32/h6-12,17-18,25,34,37H,13-16H2,1-5H3/t17-,18-,25-/m0/s1. The van der Waals surface area contributed by atoms with Crippen LogP contribution in [0.25, 0.3) is 0 Å². The number of sulfonamides is 1. The number of alkyl halides is 3. The second kappa shape index (κ2) is 12.5. The molecule has 14 heteroatoms. The number of para-hydroxylation sites is 1. The first-order chi connectivity index (χ1) is 20.1. The summed E-state index contributed by atoms with van der Waals surface area (Å²) in [5, 5.41) is 13.6. The number of ether oxygens (including phenoxy) is 1. The van der Waals surface area contributed by atoms with Gasteiger partial charge in [0, 0.05) is 25.6 Å². The number of nitrogens with zero attached hydrogens (tertiary/aromatic N) is 3. The van der Waals surface area contributed by atoms with E-state index in [1.165, 1.54) is 49.1 Å². The fourth-order valence-electron chi connectivity index (χ4n) is 5.08. The van der Waals surface area contributed by atoms with Gasteiger partial charge >= 0.3 is 6.18 Å². The zero-order valence-corrected chi connectivity index (χ0v) is 25.3. The molecule has 2 N–H and O–H groups in total. The van der Waals surface area contributed by atoms with Gasteiger partial charge in [0.15, 0.2) is 16.4 Å². The smallest absolute Gasteiger partial charge is 0.416 e. The maximum absolute atomic E-state index is 13.7. The van der Waals surface area contributed by atoms with Gasteiger partial charge in [-0.3, -0.25) is 14.4 Å². The molecule has 4 rings (SSSR count). The molecule has 0 unspecified atom stereocenters. The third-order valence-corrected chi connectivity index (χ3v) is 9.01. The summed E-state index contributed by atoms with van der Waals surface area (Å²) in [6, 6.07) is 8.91. The summed E-state index contributed by atoms with van der Waals surface area (Å²) in [5.41, 5.74) is 0.239. The second-order valence-corrected chi connectivity index (χ2v) is 12.6. The number of carbonyl (C=O) groups is 1. The van der Waals surface area contributed by atoms with Crippen LogP contribution in [-0.4, -0.2) is 73.3 Å². The van der Waals surface area contributed by atoms with Gasteiger partial charge in [-0.05, 0) is 57.6 Å². The number of aromatic nitrogens is 1. The highest BCUT2D eigenvalue weighted by atomic mass is 32.2. The number of carbonyl (C=O) groups excluding carboxylic acids is 1. The fourth-order valence-corrected chi connectivity index (χ4v) is 6.47. The van der Waals surface area contributed by atoms with Crippen LogP contribution < -0.4 is 9.46 Å². The van der Waals surface area contributed by atoms with E-state index >= 15 is 0 Å². The number of fused-ring (bicyclic) bond motifs is 1. The van der Waals surface area contributed by atoms with Crippen molar-refractivity contribution in [1.82, 2.24) is 15.0 Å². The Labute approximate surface area is 248 Å². The molecular formula is C29H35F3N4O6S. The molecule has 0 radical (unpaired) electrons. The minimum absolute atomic E-state index is 0.0254. The van der Waals surface area contributed by atoms with Gasteiger partial charge < -0.3 is 19.3 Å². The predicted octanol–water partition coefficient (Wildman–Crippen LogP) is 4.46. The number of amides is 1. The number of rotatable bonds is 9. The van der Waals surface area contributed by atoms with Crippen molar-refractivity contribution in [1.29, 1.82) is 0 Å². The van der Waals surface area contributed by atoms with E-state index in [-0.39, 0.29) is 52.4 Å². The van der Waals surface area contributed by atoms with Crippen LogP contribution in [-0.2, 0) is 22.7 Å². The molecule has 3 aromatic rings. The molecule has 0 saturated carbocycles. The molecule has 234 valence electrons. The van der Waals surface area contributed by atoms with Crippen molar-refractivity contribution in [2.24, 2.45) is 5.92 Å². The third-order valence-electron chi connectivity index (χ3n) is 7.40. The van der Waals surface area contributed by atoms with Gasteiger partial charge in [-0.15, -0.1) is 0 Å². The molecule has 1 aliphatic heterocycles. The average Bonchev–Trinajstić information content (AvgIpc) is 3.28. The highest BCUT2D eigenvalue weighted by Gasteiger charge is 2.36. The summed E-state index contributed by atoms with van der Waals surface area (Å²) in [4.78, 5) is 17.0. The lowest BCUT2D eigenvalue weighted by Gasteiger charge is -2.38. The van der Waals surface area contributed by atoms with Crippen LogP contribution in [0.5, 0.6) is 5.75 Å². The van der Waals surface area contributed by atoms with E-state index in [9.17, 15) is 31.5 Å². The fraction of sp³-hybridized carbons (Fsp3) is 0.448. The van der Waals surface area contributed by atoms with Gasteiger partial charge in [0.1, 0.15) is 11.8 Å². The van der Waals surface area contributed by atoms with Gasteiger partial charge in [-0.2, -0.15) is 13.2 Å². The zero-order chi connectivity index (χ0) is 31.7. The summed E-state index contributed by atoms with van der Waals surface area (Å²) in [5.74, 6) is -0.593. The first-order valence-electron chi connectivity index (χ1n) is 13.6. The summed E-state index contributed by atoms with van der Waals surface area (Å²) < 4.78 is 79.8. The number of hydrogen-bond acceptors (Lipinski definition) is 8. The Hall–Kier alpha value is -3.62. The van der Waals surface area contributed by atoms with Crippen LogP contribution in [0.15, 0.2) is 51.9 Å². The van der Waals surface area contributed by atoms with Crippen LogP contribution in [0.1, 0.15) is 46.8 Å². The van der Waals surface area contributed by atoms with E-state index in [0.717, 1.165) is 12.1 Å². The first kappa shape index (κ1) is 32.3. The molecule has 1 aliphatic rings. The lowest BCUT2D eigenvalue weighted by Crippen LogP contribution is -2.49. The number of anilines is 1. The van der Waals surface area contributed by atoms with E-state index in [1.54, 1.807) is 14.0 Å². The second-order valence-electron chi connectivity index (χ2n) is 11.0. The van der Waals surface area contributed by atoms with E-state index in [2.05, 4.69) is 9.88 Å². The number of benzene rings is 2. The molecule has 43 heavy (non-hydrogen) atoms. The number of likely N-dealkylation sites (N-methyl/N-ethyl adjacent to an activating group) is 1. The Bertz CT molecular complexity index is 1540. The van der Waals surface area contributed by atoms with Crippen molar-refractivity contribution in [3.8, 4) is 5.75 Å². The number of hydrogen-bond donors (Lipinski definition) is 2. The lowest BCUT2D eigenvalue weighted by molar-refractivity contribution is -0.137. The molecule has 0 aliphatic carbocycles. The van der Waals surface area contributed by atoms with Gasteiger partial charge in [-0.1, -0.05) is 30.3 Å². The van der Waals surface area contributed by atoms with E-state index in [4.69, 9.17) is 9.26 Å². The molecule has 0 bridgehead atoms. The maximum Gasteiger partial charge on any atom is 0.416 e. The van der Waals surface area contributed by atoms with Crippen molar-refractivity contribution in [2.45, 2.75) is 57.5 Å². The van der Waals surface area contributed by atoms with E-state index < -0.39 is 39.8 Å². The number of nitrogens with one attached hydrogen (secondary N) is 1. The Balaban J connectivity index is 1.68. The molecule has 10 nitrogen and oxygen atoms in total. The van der Waals surface area contributed by atoms with Gasteiger partial charge in [0.2, 0.25) is 0 Å².